The molecule has 66 heavy (non-hydrogen) atoms. The van der Waals surface area contributed by atoms with E-state index in [2.05, 4.69) is 62.5 Å². The molecule has 0 aromatic carbocycles. The second-order valence-corrected chi connectivity index (χ2v) is 21.0. The highest BCUT2D eigenvalue weighted by atomic mass is 31.2. The molecule has 0 aromatic heterocycles. The maximum absolute atomic E-state index is 12.8. The zero-order valence-electron chi connectivity index (χ0n) is 43.6. The minimum Gasteiger partial charge on any atom is -0.756 e. The number of nitrogens with zero attached hydrogens (tertiary/aromatic N) is 1. The lowest BCUT2D eigenvalue weighted by atomic mass is 10.0. The standard InChI is InChI=1S/C56H104NO8P/c1-6-8-10-12-14-16-18-20-22-24-26-28-30-32-34-36-38-40-42-44-46-48-55(58)62-52-54(53-64-66(60,61)63-51-50-57(3,4)5)65-56(59)49-47-45-43-41-39-37-35-33-31-29-27-25-23-21-19-17-15-13-11-9-7-2/h22,24,28,30,34,36,40,42,54H,6-21,23,25-27,29,31-33,35,37-39,41,43-53H2,1-5H3/b24-22+,30-28+,36-34+,42-40+/t54-/m1/s1. The fourth-order valence-electron chi connectivity index (χ4n) is 7.59. The Morgan fingerprint density at radius 1 is 0.470 bits per heavy atom. The van der Waals surface area contributed by atoms with Gasteiger partial charge in [0.05, 0.1) is 27.7 Å². The van der Waals surface area contributed by atoms with E-state index in [4.69, 9.17) is 18.5 Å². The van der Waals surface area contributed by atoms with Gasteiger partial charge >= 0.3 is 11.9 Å². The van der Waals surface area contributed by atoms with Crippen molar-refractivity contribution in [2.24, 2.45) is 0 Å². The molecule has 0 radical (unpaired) electrons. The molecule has 9 nitrogen and oxygen atoms in total. The largest absolute Gasteiger partial charge is 0.756 e. The van der Waals surface area contributed by atoms with Crippen LogP contribution in [0.4, 0.5) is 0 Å². The van der Waals surface area contributed by atoms with Crippen LogP contribution in [0.25, 0.3) is 0 Å². The van der Waals surface area contributed by atoms with Crippen molar-refractivity contribution in [1.29, 1.82) is 0 Å². The van der Waals surface area contributed by atoms with Crippen LogP contribution in [0.3, 0.4) is 0 Å². The molecule has 0 saturated carbocycles. The van der Waals surface area contributed by atoms with E-state index in [9.17, 15) is 19.0 Å². The molecule has 0 amide bonds. The van der Waals surface area contributed by atoms with Gasteiger partial charge in [0.15, 0.2) is 6.10 Å². The summed E-state index contributed by atoms with van der Waals surface area (Å²) in [6, 6.07) is 0. The Morgan fingerprint density at radius 3 is 1.26 bits per heavy atom. The fraction of sp³-hybridized carbons (Fsp3) is 0.821. The van der Waals surface area contributed by atoms with Crippen molar-refractivity contribution in [2.45, 2.75) is 251 Å². The third-order valence-electron chi connectivity index (χ3n) is 11.9. The maximum atomic E-state index is 12.8. The van der Waals surface area contributed by atoms with E-state index < -0.39 is 32.5 Å². The molecule has 0 aliphatic rings. The molecule has 1 unspecified atom stereocenters. The van der Waals surface area contributed by atoms with Crippen LogP contribution in [0.5, 0.6) is 0 Å². The summed E-state index contributed by atoms with van der Waals surface area (Å²) in [4.78, 5) is 37.8. The van der Waals surface area contributed by atoms with E-state index in [-0.39, 0.29) is 26.1 Å². The summed E-state index contributed by atoms with van der Waals surface area (Å²) in [7, 11) is 1.14. The molecular weight excluding hydrogens is 846 g/mol. The highest BCUT2D eigenvalue weighted by molar-refractivity contribution is 7.45. The van der Waals surface area contributed by atoms with Gasteiger partial charge < -0.3 is 27.9 Å². The minimum absolute atomic E-state index is 0.0389. The normalized spacial score (nSPS) is 13.7. The van der Waals surface area contributed by atoms with Crippen LogP contribution in [-0.2, 0) is 32.7 Å². The quantitative estimate of drug-likeness (QED) is 0.0195. The van der Waals surface area contributed by atoms with Crippen LogP contribution < -0.4 is 4.89 Å². The van der Waals surface area contributed by atoms with Gasteiger partial charge in [-0.1, -0.05) is 229 Å². The number of hydrogen-bond acceptors (Lipinski definition) is 8. The van der Waals surface area contributed by atoms with E-state index in [0.29, 0.717) is 23.9 Å². The third-order valence-corrected chi connectivity index (χ3v) is 12.8. The van der Waals surface area contributed by atoms with Crippen LogP contribution >= 0.6 is 7.82 Å². The predicted octanol–water partition coefficient (Wildman–Crippen LogP) is 16.0. The molecular formula is C56H104NO8P. The molecule has 0 spiro atoms. The summed E-state index contributed by atoms with van der Waals surface area (Å²) in [5, 5.41) is 0. The monoisotopic (exact) mass is 950 g/mol. The van der Waals surface area contributed by atoms with Crippen LogP contribution in [0.2, 0.25) is 0 Å². The molecule has 0 fully saturated rings. The van der Waals surface area contributed by atoms with Gasteiger partial charge in [-0.15, -0.1) is 0 Å². The Kier molecular flexibility index (Phi) is 46.5. The average molecular weight is 950 g/mol. The van der Waals surface area contributed by atoms with Gasteiger partial charge in [0, 0.05) is 12.8 Å². The van der Waals surface area contributed by atoms with Gasteiger partial charge in [0.1, 0.15) is 19.8 Å². The SMILES string of the molecule is CCCCCCCCC/C=C/C/C=C/C/C=C/C/C=C/CCCC(=O)OC[C@H](COP(=O)([O-])OCC[N+](C)(C)C)OC(=O)CCCCCCCCCCCCCCCCCCCCCCC. The predicted molar refractivity (Wildman–Crippen MR) is 277 cm³/mol. The Balaban J connectivity index is 4.29. The Hall–Kier alpha value is -2.03. The smallest absolute Gasteiger partial charge is 0.306 e. The van der Waals surface area contributed by atoms with Crippen LogP contribution in [0.1, 0.15) is 245 Å². The summed E-state index contributed by atoms with van der Waals surface area (Å²) in [6.07, 6.45) is 58.7. The molecule has 0 aliphatic heterocycles. The number of hydrogen-bond donors (Lipinski definition) is 0. The van der Waals surface area contributed by atoms with Crippen molar-refractivity contribution in [2.75, 3.05) is 47.5 Å². The van der Waals surface area contributed by atoms with Crippen molar-refractivity contribution in [3.63, 3.8) is 0 Å². The first-order valence-electron chi connectivity index (χ1n) is 27.3. The first-order valence-corrected chi connectivity index (χ1v) is 28.8. The van der Waals surface area contributed by atoms with E-state index in [0.717, 1.165) is 44.9 Å². The molecule has 0 heterocycles. The van der Waals surface area contributed by atoms with Crippen molar-refractivity contribution >= 4 is 19.8 Å². The van der Waals surface area contributed by atoms with Crippen molar-refractivity contribution in [3.05, 3.63) is 48.6 Å². The second-order valence-electron chi connectivity index (χ2n) is 19.6. The summed E-state index contributed by atoms with van der Waals surface area (Å²) < 4.78 is 34.0. The molecule has 0 bridgehead atoms. The number of phosphoric acid groups is 1. The van der Waals surface area contributed by atoms with Crippen molar-refractivity contribution in [3.8, 4) is 0 Å². The molecule has 0 N–H and O–H groups in total. The topological polar surface area (TPSA) is 111 Å². The number of carbonyl (C=O) groups is 2. The van der Waals surface area contributed by atoms with Crippen LogP contribution in [0, 0.1) is 0 Å². The molecule has 0 aliphatic carbocycles. The van der Waals surface area contributed by atoms with Crippen molar-refractivity contribution in [1.82, 2.24) is 0 Å². The molecule has 2 atom stereocenters. The Labute approximate surface area is 407 Å². The number of unbranched alkanes of at least 4 members (excludes halogenated alkanes) is 28. The number of carbonyl (C=O) groups excluding carboxylic acids is 2. The van der Waals surface area contributed by atoms with Crippen molar-refractivity contribution < 1.29 is 42.1 Å². The highest BCUT2D eigenvalue weighted by Gasteiger charge is 2.21. The summed E-state index contributed by atoms with van der Waals surface area (Å²) in [5.41, 5.74) is 0. The lowest BCUT2D eigenvalue weighted by molar-refractivity contribution is -0.870. The number of allylic oxidation sites excluding steroid dienone is 8. The van der Waals surface area contributed by atoms with Gasteiger partial charge in [-0.2, -0.15) is 0 Å². The number of likely N-dealkylation sites (N-methyl/N-ethyl adjacent to an activating group) is 1. The molecule has 0 aromatic rings. The zero-order chi connectivity index (χ0) is 48.5. The average Bonchev–Trinajstić information content (AvgIpc) is 3.27. The summed E-state index contributed by atoms with van der Waals surface area (Å²) in [5.74, 6) is -0.890. The summed E-state index contributed by atoms with van der Waals surface area (Å²) >= 11 is 0. The van der Waals surface area contributed by atoms with E-state index >= 15 is 0 Å². The van der Waals surface area contributed by atoms with E-state index in [1.165, 1.54) is 161 Å². The maximum Gasteiger partial charge on any atom is 0.306 e. The molecule has 386 valence electrons. The minimum atomic E-state index is -4.64. The first-order chi connectivity index (χ1) is 32.0. The first kappa shape index (κ1) is 64.0. The van der Waals surface area contributed by atoms with E-state index in [1.54, 1.807) is 0 Å². The van der Waals surface area contributed by atoms with Crippen LogP contribution in [0.15, 0.2) is 48.6 Å². The number of esters is 2. The van der Waals surface area contributed by atoms with Crippen LogP contribution in [-0.4, -0.2) is 70.0 Å². The molecule has 0 saturated heterocycles. The van der Waals surface area contributed by atoms with Gasteiger partial charge in [-0.25, -0.2) is 0 Å². The lowest BCUT2D eigenvalue weighted by Crippen LogP contribution is -2.37. The number of phosphoric ester groups is 1. The second kappa shape index (κ2) is 48.0. The number of rotatable bonds is 50. The number of quaternary nitrogens is 1. The number of ether oxygens (including phenoxy) is 2. The lowest BCUT2D eigenvalue weighted by Gasteiger charge is -2.28. The Bertz CT molecular complexity index is 1260. The van der Waals surface area contributed by atoms with Gasteiger partial charge in [-0.3, -0.25) is 14.2 Å². The van der Waals surface area contributed by atoms with Gasteiger partial charge in [0.2, 0.25) is 0 Å². The Morgan fingerprint density at radius 2 is 0.833 bits per heavy atom. The van der Waals surface area contributed by atoms with Gasteiger partial charge in [-0.05, 0) is 51.4 Å². The fourth-order valence-corrected chi connectivity index (χ4v) is 8.32. The zero-order valence-corrected chi connectivity index (χ0v) is 44.5. The third kappa shape index (κ3) is 51.4. The molecule has 0 rings (SSSR count). The highest BCUT2D eigenvalue weighted by Crippen LogP contribution is 2.38. The summed E-state index contributed by atoms with van der Waals surface area (Å²) in [6.45, 7) is 4.20. The molecule has 10 heteroatoms. The van der Waals surface area contributed by atoms with E-state index in [1.807, 2.05) is 21.1 Å². The van der Waals surface area contributed by atoms with Gasteiger partial charge in [0.25, 0.3) is 7.82 Å².